The average Bonchev–Trinajstić information content (AvgIpc) is 2.99. The Labute approximate surface area is 186 Å². The number of ether oxygens (including phenoxy) is 2. The topological polar surface area (TPSA) is 35.5 Å². The highest BCUT2D eigenvalue weighted by atomic mass is 16.5. The second-order valence-corrected chi connectivity index (χ2v) is 11.5. The van der Waals surface area contributed by atoms with Gasteiger partial charge >= 0.3 is 5.97 Å². The van der Waals surface area contributed by atoms with Crippen molar-refractivity contribution in [1.82, 2.24) is 0 Å². The molecule has 176 valence electrons. The number of quaternary nitrogens is 1. The van der Waals surface area contributed by atoms with Crippen molar-refractivity contribution in [1.29, 1.82) is 0 Å². The minimum atomic E-state index is -0.0732. The maximum atomic E-state index is 12.2. The van der Waals surface area contributed by atoms with E-state index in [2.05, 4.69) is 41.8 Å². The summed E-state index contributed by atoms with van der Waals surface area (Å²) in [7, 11) is 4.21. The molecule has 0 radical (unpaired) electrons. The first-order valence-corrected chi connectivity index (χ1v) is 12.7. The molecule has 2 aliphatic carbocycles. The zero-order valence-corrected chi connectivity index (χ0v) is 20.9. The first kappa shape index (κ1) is 25.6. The molecular formula is C26H50NO3+. The summed E-state index contributed by atoms with van der Waals surface area (Å²) in [6.45, 7) is 12.1. The van der Waals surface area contributed by atoms with E-state index in [4.69, 9.17) is 9.47 Å². The lowest BCUT2D eigenvalue weighted by molar-refractivity contribution is -0.883. The molecule has 0 N–H and O–H groups in total. The Bertz CT molecular complexity index is 530. The number of unbranched alkanes of at least 4 members (excludes halogenated alkanes) is 7. The molecule has 2 saturated carbocycles. The molecule has 0 unspecified atom stereocenters. The molecule has 4 nitrogen and oxygen atoms in total. The molecule has 4 heteroatoms. The van der Waals surface area contributed by atoms with E-state index >= 15 is 0 Å². The lowest BCUT2D eigenvalue weighted by Gasteiger charge is -2.39. The number of rotatable bonds is 15. The van der Waals surface area contributed by atoms with E-state index in [-0.39, 0.29) is 5.97 Å². The molecule has 2 aliphatic rings. The number of hydrogen-bond donors (Lipinski definition) is 0. The highest BCUT2D eigenvalue weighted by molar-refractivity contribution is 5.70. The van der Waals surface area contributed by atoms with Gasteiger partial charge in [-0.25, -0.2) is 4.79 Å². The van der Waals surface area contributed by atoms with Crippen LogP contribution in [0, 0.1) is 16.7 Å². The van der Waals surface area contributed by atoms with Gasteiger partial charge in [0.05, 0.1) is 33.4 Å². The van der Waals surface area contributed by atoms with Crippen LogP contribution in [0.2, 0.25) is 0 Å². The first-order valence-electron chi connectivity index (χ1n) is 12.7. The molecule has 2 fully saturated rings. The number of fused-ring (bicyclic) bond motifs is 2. The zero-order valence-electron chi connectivity index (χ0n) is 20.9. The Morgan fingerprint density at radius 3 is 2.17 bits per heavy atom. The van der Waals surface area contributed by atoms with Crippen LogP contribution in [-0.2, 0) is 14.3 Å². The molecule has 0 saturated heterocycles. The molecule has 3 atom stereocenters. The molecule has 0 aromatic carbocycles. The van der Waals surface area contributed by atoms with Crippen LogP contribution < -0.4 is 0 Å². The van der Waals surface area contributed by atoms with E-state index in [9.17, 15) is 4.79 Å². The van der Waals surface area contributed by atoms with Crippen molar-refractivity contribution in [3.63, 3.8) is 0 Å². The Morgan fingerprint density at radius 1 is 0.967 bits per heavy atom. The van der Waals surface area contributed by atoms with Crippen LogP contribution >= 0.6 is 0 Å². The Kier molecular flexibility index (Phi) is 9.67. The third-order valence-corrected chi connectivity index (χ3v) is 8.55. The minimum absolute atomic E-state index is 0.0732. The van der Waals surface area contributed by atoms with Gasteiger partial charge in [-0.05, 0) is 42.4 Å². The Morgan fingerprint density at radius 2 is 1.60 bits per heavy atom. The summed E-state index contributed by atoms with van der Waals surface area (Å²) in [5.74, 6) is 0.734. The average molecular weight is 425 g/mol. The highest BCUT2D eigenvalue weighted by Crippen LogP contribution is 2.66. The van der Waals surface area contributed by atoms with Gasteiger partial charge in [0.15, 0.2) is 6.54 Å². The maximum Gasteiger partial charge on any atom is 0.361 e. The number of carbonyl (C=O) groups is 1. The third kappa shape index (κ3) is 6.69. The van der Waals surface area contributed by atoms with Crippen molar-refractivity contribution >= 4 is 5.97 Å². The maximum absolute atomic E-state index is 12.2. The molecule has 2 rings (SSSR count). The summed E-state index contributed by atoms with van der Waals surface area (Å²) < 4.78 is 12.5. The van der Waals surface area contributed by atoms with Gasteiger partial charge in [-0.3, -0.25) is 0 Å². The summed E-state index contributed by atoms with van der Waals surface area (Å²) in [6, 6.07) is 0. The molecule has 30 heavy (non-hydrogen) atoms. The fourth-order valence-electron chi connectivity index (χ4n) is 5.72. The highest BCUT2D eigenvalue weighted by Gasteiger charge is 2.61. The summed E-state index contributed by atoms with van der Waals surface area (Å²) in [5.41, 5.74) is 0.699. The normalized spacial score (nSPS) is 27.5. The fourth-order valence-corrected chi connectivity index (χ4v) is 5.72. The summed E-state index contributed by atoms with van der Waals surface area (Å²) in [5, 5.41) is 0. The lowest BCUT2D eigenvalue weighted by atomic mass is 9.70. The van der Waals surface area contributed by atoms with Gasteiger partial charge in [0, 0.05) is 0 Å². The Balaban J connectivity index is 1.55. The van der Waals surface area contributed by atoms with E-state index in [1.54, 1.807) is 0 Å². The number of hydrogen-bond acceptors (Lipinski definition) is 3. The van der Waals surface area contributed by atoms with E-state index in [0.717, 1.165) is 25.5 Å². The number of nitrogens with zero attached hydrogens (tertiary/aromatic N) is 1. The van der Waals surface area contributed by atoms with Crippen LogP contribution in [0.15, 0.2) is 0 Å². The molecule has 0 aromatic heterocycles. The molecular weight excluding hydrogens is 374 g/mol. The van der Waals surface area contributed by atoms with Crippen LogP contribution in [0.3, 0.4) is 0 Å². The zero-order chi connectivity index (χ0) is 22.3. The largest absolute Gasteiger partial charge is 0.462 e. The van der Waals surface area contributed by atoms with E-state index in [0.29, 0.717) is 34.6 Å². The van der Waals surface area contributed by atoms with Gasteiger partial charge in [-0.2, -0.15) is 0 Å². The monoisotopic (exact) mass is 424 g/mol. The quantitative estimate of drug-likeness (QED) is 0.184. The molecule has 2 bridgehead atoms. The van der Waals surface area contributed by atoms with Gasteiger partial charge in [0.1, 0.15) is 6.54 Å². The number of esters is 1. The SMILES string of the molecule is CCCCCCCCCCOC(=O)C[N+](C)(C)CCO[C@H]1C[C@@H]2CC[C@]1(C)C2(C)C. The van der Waals surface area contributed by atoms with Gasteiger partial charge in [-0.15, -0.1) is 0 Å². The van der Waals surface area contributed by atoms with Crippen LogP contribution in [-0.4, -0.2) is 57.0 Å². The second kappa shape index (κ2) is 11.3. The Hall–Kier alpha value is -0.610. The summed E-state index contributed by atoms with van der Waals surface area (Å²) in [4.78, 5) is 12.2. The van der Waals surface area contributed by atoms with Crippen molar-refractivity contribution in [2.75, 3.05) is 40.4 Å². The summed E-state index contributed by atoms with van der Waals surface area (Å²) >= 11 is 0. The van der Waals surface area contributed by atoms with Gasteiger partial charge in [0.25, 0.3) is 0 Å². The van der Waals surface area contributed by atoms with E-state index < -0.39 is 0 Å². The van der Waals surface area contributed by atoms with Crippen molar-refractivity contribution in [2.45, 2.75) is 104 Å². The van der Waals surface area contributed by atoms with E-state index in [1.165, 1.54) is 64.2 Å². The molecule has 0 aliphatic heterocycles. The van der Waals surface area contributed by atoms with Gasteiger partial charge < -0.3 is 14.0 Å². The van der Waals surface area contributed by atoms with Gasteiger partial charge in [-0.1, -0.05) is 72.6 Å². The molecule has 0 amide bonds. The van der Waals surface area contributed by atoms with Crippen molar-refractivity contribution in [3.05, 3.63) is 0 Å². The van der Waals surface area contributed by atoms with Crippen molar-refractivity contribution in [3.8, 4) is 0 Å². The number of carbonyl (C=O) groups excluding carboxylic acids is 1. The van der Waals surface area contributed by atoms with Crippen LogP contribution in [0.4, 0.5) is 0 Å². The smallest absolute Gasteiger partial charge is 0.361 e. The van der Waals surface area contributed by atoms with Crippen LogP contribution in [0.25, 0.3) is 0 Å². The predicted molar refractivity (Wildman–Crippen MR) is 124 cm³/mol. The minimum Gasteiger partial charge on any atom is -0.462 e. The lowest BCUT2D eigenvalue weighted by Crippen LogP contribution is -2.47. The number of likely N-dealkylation sites (N-methyl/N-ethyl adjacent to an activating group) is 1. The second-order valence-electron chi connectivity index (χ2n) is 11.5. The third-order valence-electron chi connectivity index (χ3n) is 8.55. The van der Waals surface area contributed by atoms with Crippen molar-refractivity contribution < 1.29 is 18.8 Å². The fraction of sp³-hybridized carbons (Fsp3) is 0.962. The predicted octanol–water partition coefficient (Wildman–Crippen LogP) is 5.98. The standard InChI is InChI=1S/C26H50NO3/c1-7-8-9-10-11-12-13-14-18-30-24(28)21-27(5,6)17-19-29-23-20-22-15-16-26(23,4)25(22,2)3/h22-23H,7-21H2,1-6H3/q+1/t22-,23-,26-/m0/s1. The first-order chi connectivity index (χ1) is 14.1. The molecule has 0 heterocycles. The van der Waals surface area contributed by atoms with E-state index in [1.807, 2.05) is 0 Å². The molecule has 0 aromatic rings. The van der Waals surface area contributed by atoms with Crippen LogP contribution in [0.1, 0.15) is 98.3 Å². The van der Waals surface area contributed by atoms with Crippen LogP contribution in [0.5, 0.6) is 0 Å². The van der Waals surface area contributed by atoms with Gasteiger partial charge in [0.2, 0.25) is 0 Å². The van der Waals surface area contributed by atoms with Crippen molar-refractivity contribution in [2.24, 2.45) is 16.7 Å². The molecule has 0 spiro atoms. The summed E-state index contributed by atoms with van der Waals surface area (Å²) in [6.07, 6.45) is 14.3.